The van der Waals surface area contributed by atoms with Crippen LogP contribution >= 0.6 is 11.3 Å². The molecule has 8 nitrogen and oxygen atoms in total. The molecule has 0 unspecified atom stereocenters. The monoisotopic (exact) mass is 477 g/mol. The highest BCUT2D eigenvalue weighted by Gasteiger charge is 2.25. The Morgan fingerprint density at radius 1 is 1.06 bits per heavy atom. The summed E-state index contributed by atoms with van der Waals surface area (Å²) in [7, 11) is -3.88. The molecule has 4 rings (SSSR count). The van der Waals surface area contributed by atoms with Gasteiger partial charge in [-0.2, -0.15) is 14.8 Å². The lowest BCUT2D eigenvalue weighted by molar-refractivity contribution is 0.102. The van der Waals surface area contributed by atoms with Crippen LogP contribution in [0.4, 0.5) is 5.13 Å². The SMILES string of the molecule is N#CCCN(CCC#N)S(=O)(=O)c1ccc(C(=O)Nc2nc3c(s2)Cc2ccccc2-3)cc1. The number of benzene rings is 2. The largest absolute Gasteiger partial charge is 0.298 e. The average Bonchev–Trinajstić information content (AvgIpc) is 3.36. The molecule has 1 N–H and O–H groups in total. The van der Waals surface area contributed by atoms with Crippen LogP contribution in [0.1, 0.15) is 33.6 Å². The number of carbonyl (C=O) groups is 1. The van der Waals surface area contributed by atoms with E-state index in [0.717, 1.165) is 26.9 Å². The minimum Gasteiger partial charge on any atom is -0.298 e. The Labute approximate surface area is 195 Å². The lowest BCUT2D eigenvalue weighted by Crippen LogP contribution is -2.32. The standard InChI is InChI=1S/C23H19N5O3S2/c24-11-3-13-28(14-4-12-25)33(30,31)18-9-7-16(8-10-18)22(29)27-23-26-21-19-6-2-1-5-17(19)15-20(21)32-23/h1-2,5-10H,3-4,13-15H2,(H,26,27,29). The number of fused-ring (bicyclic) bond motifs is 3. The fourth-order valence-corrected chi connectivity index (χ4v) is 6.05. The molecule has 1 aliphatic rings. The fraction of sp³-hybridized carbons (Fsp3) is 0.217. The number of thiazole rings is 1. The van der Waals surface area contributed by atoms with Crippen LogP contribution in [0.15, 0.2) is 53.4 Å². The molecule has 0 aliphatic heterocycles. The van der Waals surface area contributed by atoms with Crippen molar-refractivity contribution in [1.82, 2.24) is 9.29 Å². The van der Waals surface area contributed by atoms with E-state index < -0.39 is 10.0 Å². The summed E-state index contributed by atoms with van der Waals surface area (Å²) in [6.45, 7) is 0.00118. The maximum Gasteiger partial charge on any atom is 0.257 e. The van der Waals surface area contributed by atoms with E-state index >= 15 is 0 Å². The zero-order valence-corrected chi connectivity index (χ0v) is 19.1. The van der Waals surface area contributed by atoms with E-state index in [1.54, 1.807) is 0 Å². The van der Waals surface area contributed by atoms with E-state index in [1.165, 1.54) is 41.2 Å². The first-order valence-corrected chi connectivity index (χ1v) is 12.4. The second kappa shape index (κ2) is 9.51. The third-order valence-electron chi connectivity index (χ3n) is 5.24. The summed E-state index contributed by atoms with van der Waals surface area (Å²) in [5.74, 6) is -0.384. The second-order valence-corrected chi connectivity index (χ2v) is 10.3. The third-order valence-corrected chi connectivity index (χ3v) is 8.13. The second-order valence-electron chi connectivity index (χ2n) is 7.32. The van der Waals surface area contributed by atoms with Crippen LogP contribution in [0.3, 0.4) is 0 Å². The Hall–Kier alpha value is -3.57. The number of anilines is 1. The first kappa shape index (κ1) is 22.6. The molecule has 0 atom stereocenters. The molecule has 0 bridgehead atoms. The molecule has 166 valence electrons. The van der Waals surface area contributed by atoms with Gasteiger partial charge in [0.05, 0.1) is 22.7 Å². The number of nitrogens with one attached hydrogen (secondary N) is 1. The molecule has 10 heteroatoms. The van der Waals surface area contributed by atoms with Crippen molar-refractivity contribution in [2.45, 2.75) is 24.2 Å². The number of hydrogen-bond donors (Lipinski definition) is 1. The Balaban J connectivity index is 1.48. The first-order valence-electron chi connectivity index (χ1n) is 10.2. The highest BCUT2D eigenvalue weighted by molar-refractivity contribution is 7.89. The van der Waals surface area contributed by atoms with Crippen molar-refractivity contribution < 1.29 is 13.2 Å². The number of nitrogens with zero attached hydrogens (tertiary/aromatic N) is 4. The molecule has 0 radical (unpaired) electrons. The highest BCUT2D eigenvalue weighted by atomic mass is 32.2. The van der Waals surface area contributed by atoms with E-state index in [-0.39, 0.29) is 36.7 Å². The maximum atomic E-state index is 12.9. The molecule has 0 fully saturated rings. The van der Waals surface area contributed by atoms with E-state index in [2.05, 4.69) is 16.4 Å². The fourth-order valence-electron chi connectivity index (χ4n) is 3.61. The van der Waals surface area contributed by atoms with Crippen molar-refractivity contribution in [2.24, 2.45) is 0 Å². The molecule has 1 aromatic heterocycles. The van der Waals surface area contributed by atoms with Gasteiger partial charge in [-0.25, -0.2) is 13.4 Å². The van der Waals surface area contributed by atoms with E-state index in [9.17, 15) is 13.2 Å². The van der Waals surface area contributed by atoms with Gasteiger partial charge in [0, 0.05) is 48.4 Å². The summed E-state index contributed by atoms with van der Waals surface area (Å²) < 4.78 is 26.9. The molecule has 0 saturated heterocycles. The predicted molar refractivity (Wildman–Crippen MR) is 124 cm³/mol. The van der Waals surface area contributed by atoms with Crippen LogP contribution in [0.25, 0.3) is 11.3 Å². The maximum absolute atomic E-state index is 12.9. The van der Waals surface area contributed by atoms with Gasteiger partial charge in [0.25, 0.3) is 5.91 Å². The molecular formula is C23H19N5O3S2. The quantitative estimate of drug-likeness (QED) is 0.411. The van der Waals surface area contributed by atoms with Crippen molar-refractivity contribution in [3.63, 3.8) is 0 Å². The van der Waals surface area contributed by atoms with E-state index in [0.29, 0.717) is 10.7 Å². The topological polar surface area (TPSA) is 127 Å². The Bertz CT molecular complexity index is 1360. The Morgan fingerprint density at radius 2 is 1.73 bits per heavy atom. The van der Waals surface area contributed by atoms with Crippen LogP contribution in [0, 0.1) is 22.7 Å². The summed E-state index contributed by atoms with van der Waals surface area (Å²) in [5.41, 5.74) is 3.49. The van der Waals surface area contributed by atoms with Gasteiger partial charge in [-0.1, -0.05) is 24.3 Å². The molecule has 1 heterocycles. The zero-order chi connectivity index (χ0) is 23.4. The number of carbonyl (C=O) groups excluding carboxylic acids is 1. The van der Waals surface area contributed by atoms with Crippen LogP contribution in [0.2, 0.25) is 0 Å². The molecular weight excluding hydrogens is 458 g/mol. The summed E-state index contributed by atoms with van der Waals surface area (Å²) in [4.78, 5) is 18.4. The summed E-state index contributed by atoms with van der Waals surface area (Å²) in [6, 6.07) is 17.5. The highest BCUT2D eigenvalue weighted by Crippen LogP contribution is 2.40. The minimum atomic E-state index is -3.88. The smallest absolute Gasteiger partial charge is 0.257 e. The summed E-state index contributed by atoms with van der Waals surface area (Å²) >= 11 is 1.43. The van der Waals surface area contributed by atoms with Crippen LogP contribution in [-0.4, -0.2) is 36.7 Å². The van der Waals surface area contributed by atoms with Crippen LogP contribution < -0.4 is 5.32 Å². The normalized spacial score (nSPS) is 12.0. The van der Waals surface area contributed by atoms with Crippen molar-refractivity contribution in [3.8, 4) is 23.4 Å². The molecule has 0 spiro atoms. The van der Waals surface area contributed by atoms with E-state index in [4.69, 9.17) is 10.5 Å². The van der Waals surface area contributed by atoms with Crippen molar-refractivity contribution >= 4 is 32.4 Å². The van der Waals surface area contributed by atoms with Gasteiger partial charge in [-0.15, -0.1) is 11.3 Å². The zero-order valence-electron chi connectivity index (χ0n) is 17.5. The number of sulfonamides is 1. The Morgan fingerprint density at radius 3 is 2.39 bits per heavy atom. The predicted octanol–water partition coefficient (Wildman–Crippen LogP) is 3.78. The van der Waals surface area contributed by atoms with Gasteiger partial charge in [-0.05, 0) is 29.8 Å². The number of amides is 1. The average molecular weight is 478 g/mol. The molecule has 2 aromatic carbocycles. The van der Waals surface area contributed by atoms with Gasteiger partial charge in [0.2, 0.25) is 10.0 Å². The molecule has 1 amide bonds. The van der Waals surface area contributed by atoms with Gasteiger partial charge < -0.3 is 0 Å². The lowest BCUT2D eigenvalue weighted by atomic mass is 10.1. The molecule has 33 heavy (non-hydrogen) atoms. The van der Waals surface area contributed by atoms with Crippen molar-refractivity contribution in [3.05, 3.63) is 64.5 Å². The van der Waals surface area contributed by atoms with Crippen LogP contribution in [0.5, 0.6) is 0 Å². The van der Waals surface area contributed by atoms with E-state index in [1.807, 2.05) is 30.3 Å². The Kier molecular flexibility index (Phi) is 6.52. The van der Waals surface area contributed by atoms with Crippen molar-refractivity contribution in [2.75, 3.05) is 18.4 Å². The van der Waals surface area contributed by atoms with Gasteiger partial charge in [0.15, 0.2) is 5.13 Å². The number of nitriles is 2. The number of rotatable bonds is 8. The summed E-state index contributed by atoms with van der Waals surface area (Å²) in [6.07, 6.45) is 0.834. The third kappa shape index (κ3) is 4.64. The van der Waals surface area contributed by atoms with Gasteiger partial charge in [0.1, 0.15) is 0 Å². The lowest BCUT2D eigenvalue weighted by Gasteiger charge is -2.20. The first-order chi connectivity index (χ1) is 15.9. The van der Waals surface area contributed by atoms with Crippen molar-refractivity contribution in [1.29, 1.82) is 10.5 Å². The van der Waals surface area contributed by atoms with Crippen LogP contribution in [-0.2, 0) is 16.4 Å². The molecule has 3 aromatic rings. The number of hydrogen-bond acceptors (Lipinski definition) is 7. The minimum absolute atomic E-state index is 0.000221. The molecule has 0 saturated carbocycles. The summed E-state index contributed by atoms with van der Waals surface area (Å²) in [5, 5.41) is 20.9. The van der Waals surface area contributed by atoms with Gasteiger partial charge >= 0.3 is 0 Å². The molecule has 1 aliphatic carbocycles. The number of aromatic nitrogens is 1. The van der Waals surface area contributed by atoms with Gasteiger partial charge in [-0.3, -0.25) is 10.1 Å².